The molecular formula is C6H18F2NO+. The van der Waals surface area contributed by atoms with Crippen LogP contribution in [0.3, 0.4) is 0 Å². The summed E-state index contributed by atoms with van der Waals surface area (Å²) in [5.74, 6) is 0. The molecule has 0 saturated carbocycles. The molecule has 0 aromatic carbocycles. The van der Waals surface area contributed by atoms with Gasteiger partial charge in [-0.2, -0.15) is 4.39 Å². The minimum Gasteiger partial charge on any atom is -0.391 e. The average molecular weight is 160 g/mol. The number of quaternary nitrogens is 1. The van der Waals surface area contributed by atoms with Gasteiger partial charge in [0.2, 0.25) is 6.80 Å². The van der Waals surface area contributed by atoms with E-state index in [0.29, 0.717) is 0 Å². The van der Waals surface area contributed by atoms with Crippen molar-refractivity contribution in [2.75, 3.05) is 34.0 Å². The summed E-state index contributed by atoms with van der Waals surface area (Å²) in [7, 11) is 3.02. The first-order chi connectivity index (χ1) is 5.27. The molecule has 0 aromatic heterocycles. The molecule has 0 atom stereocenters. The van der Waals surface area contributed by atoms with E-state index in [1.54, 1.807) is 0 Å². The van der Waals surface area contributed by atoms with Crippen molar-refractivity contribution in [1.29, 1.82) is 1.45 Å². The molecule has 0 amide bonds. The van der Waals surface area contributed by atoms with E-state index >= 15 is 0 Å². The van der Waals surface area contributed by atoms with Gasteiger partial charge < -0.3 is 9.59 Å². The van der Waals surface area contributed by atoms with Gasteiger partial charge in [-0.25, -0.2) is 0 Å². The second-order valence-electron chi connectivity index (χ2n) is 2.37. The number of likely N-dealkylation sites (N-methyl/N-ethyl adjacent to an activating group) is 1. The summed E-state index contributed by atoms with van der Waals surface area (Å²) in [6.45, 7) is -3.20. The van der Waals surface area contributed by atoms with Gasteiger partial charge in [-0.1, -0.05) is 7.43 Å². The topological polar surface area (TPSA) is 20.2 Å². The maximum absolute atomic E-state index is 12.0. The van der Waals surface area contributed by atoms with Crippen LogP contribution in [0.1, 0.15) is 10.2 Å². The third-order valence-electron chi connectivity index (χ3n) is 0.822. The SMILES string of the molecule is C.[2H]C([2H])(O)C[N+](C)(C)C[18F].[2H]F. The molecule has 2 nitrogen and oxygen atoms in total. The number of alkyl halides is 1. The molecule has 0 bridgehead atoms. The van der Waals surface area contributed by atoms with Gasteiger partial charge in [0, 0.05) is 0 Å². The third-order valence-corrected chi connectivity index (χ3v) is 0.822. The Morgan fingerprint density at radius 1 is 1.70 bits per heavy atom. The molecule has 0 saturated heterocycles. The minimum atomic E-state index is -2.28. The Balaban J connectivity index is -0.000000309. The van der Waals surface area contributed by atoms with Crippen molar-refractivity contribution < 1.29 is 21.4 Å². The smallest absolute Gasteiger partial charge is 0.269 e. The lowest BCUT2D eigenvalue weighted by atomic mass is 10.5. The molecule has 10 heavy (non-hydrogen) atoms. The zero-order chi connectivity index (χ0) is 10.4. The van der Waals surface area contributed by atoms with Crippen molar-refractivity contribution >= 4 is 0 Å². The van der Waals surface area contributed by atoms with Gasteiger partial charge in [-0.3, -0.25) is 4.72 Å². The van der Waals surface area contributed by atoms with Crippen LogP contribution in [-0.2, 0) is 0 Å². The molecule has 0 heterocycles. The largest absolute Gasteiger partial charge is 0.391 e. The first-order valence-corrected chi connectivity index (χ1v) is 2.37. The van der Waals surface area contributed by atoms with Crippen LogP contribution in [0.4, 0.5) is 9.11 Å². The molecule has 0 spiro atoms. The van der Waals surface area contributed by atoms with E-state index in [1.165, 1.54) is 14.1 Å². The van der Waals surface area contributed by atoms with Crippen molar-refractivity contribution in [2.24, 2.45) is 0 Å². The lowest BCUT2D eigenvalue weighted by molar-refractivity contribution is -0.903. The van der Waals surface area contributed by atoms with Gasteiger partial charge in [0.25, 0.3) is 1.45 Å². The van der Waals surface area contributed by atoms with Crippen LogP contribution in [0.25, 0.3) is 0 Å². The normalized spacial score (nSPS) is 14.7. The summed E-state index contributed by atoms with van der Waals surface area (Å²) in [6.07, 6.45) is 0. The highest BCUT2D eigenvalue weighted by atomic mass is 19.0. The Hall–Kier alpha value is -0.220. The van der Waals surface area contributed by atoms with Crippen molar-refractivity contribution in [3.05, 3.63) is 0 Å². The van der Waals surface area contributed by atoms with Crippen molar-refractivity contribution in [1.82, 2.24) is 0 Å². The summed E-state index contributed by atoms with van der Waals surface area (Å²) in [5, 5.41) is 8.64. The van der Waals surface area contributed by atoms with Gasteiger partial charge in [-0.15, -0.1) is 0 Å². The second kappa shape index (κ2) is 6.89. The fourth-order valence-electron chi connectivity index (χ4n) is 0.234. The fraction of sp³-hybridized carbons (Fsp3) is 1.00. The number of halogens is 2. The summed E-state index contributed by atoms with van der Waals surface area (Å²) in [4.78, 5) is 0. The van der Waals surface area contributed by atoms with Gasteiger partial charge in [-0.05, 0) is 0 Å². The highest BCUT2D eigenvalue weighted by Crippen LogP contribution is 1.93. The average Bonchev–Trinajstić information content (AvgIpc) is 1.88. The fourth-order valence-corrected chi connectivity index (χ4v) is 0.234. The van der Waals surface area contributed by atoms with E-state index in [-0.39, 0.29) is 18.5 Å². The van der Waals surface area contributed by atoms with Gasteiger partial charge in [0.05, 0.1) is 23.4 Å². The molecule has 0 fully saturated rings. The summed E-state index contributed by atoms with van der Waals surface area (Å²) < 4.78 is 38.3. The van der Waals surface area contributed by atoms with Gasteiger partial charge in [0.15, 0.2) is 0 Å². The molecule has 0 aliphatic rings. The maximum atomic E-state index is 12.0. The number of hydrogen-bond donors (Lipinski definition) is 1. The van der Waals surface area contributed by atoms with Crippen LogP contribution < -0.4 is 0 Å². The molecule has 66 valence electrons. The number of aliphatic hydroxyl groups is 1. The Labute approximate surface area is 65.6 Å². The highest BCUT2D eigenvalue weighted by Gasteiger charge is 2.11. The molecule has 0 aromatic rings. The molecule has 0 radical (unpaired) electrons. The van der Waals surface area contributed by atoms with Crippen LogP contribution in [0.5, 0.6) is 0 Å². The molecule has 1 N–H and O–H groups in total. The molecule has 0 rings (SSSR count). The highest BCUT2D eigenvalue weighted by molar-refractivity contribution is 4.21. The Morgan fingerprint density at radius 2 is 2.10 bits per heavy atom. The monoisotopic (exact) mass is 160 g/mol. The Bertz CT molecular complexity index is 119. The van der Waals surface area contributed by atoms with Crippen LogP contribution >= 0.6 is 0 Å². The van der Waals surface area contributed by atoms with Crippen molar-refractivity contribution in [3.8, 4) is 0 Å². The zero-order valence-electron chi connectivity index (χ0n) is 8.56. The Morgan fingerprint density at radius 3 is 2.20 bits per heavy atom. The van der Waals surface area contributed by atoms with Gasteiger partial charge in [0.1, 0.15) is 6.54 Å². The van der Waals surface area contributed by atoms with E-state index in [4.69, 9.17) is 12.6 Å². The number of nitrogens with zero attached hydrogens (tertiary/aromatic N) is 1. The molecule has 0 aliphatic heterocycles. The lowest BCUT2D eigenvalue weighted by Gasteiger charge is -2.24. The van der Waals surface area contributed by atoms with Crippen molar-refractivity contribution in [2.45, 2.75) is 7.43 Å². The zero-order valence-corrected chi connectivity index (χ0v) is 5.56. The van der Waals surface area contributed by atoms with Crippen LogP contribution in [0, 0.1) is 0 Å². The van der Waals surface area contributed by atoms with E-state index in [9.17, 15) is 4.39 Å². The summed E-state index contributed by atoms with van der Waals surface area (Å²) >= 11 is 0. The molecule has 4 heteroatoms. The molecule has 0 unspecified atom stereocenters. The van der Waals surface area contributed by atoms with Crippen LogP contribution in [-0.4, -0.2) is 45.0 Å². The summed E-state index contributed by atoms with van der Waals surface area (Å²) in [6, 6.07) is 0. The predicted molar refractivity (Wildman–Crippen MR) is 39.3 cm³/mol. The number of rotatable bonds is 3. The maximum Gasteiger partial charge on any atom is 0.269 e. The first kappa shape index (κ1) is 7.88. The first-order valence-electron chi connectivity index (χ1n) is 3.75. The van der Waals surface area contributed by atoms with E-state index in [1.807, 2.05) is 0 Å². The van der Waals surface area contributed by atoms with E-state index < -0.39 is 13.4 Å². The lowest BCUT2D eigenvalue weighted by Crippen LogP contribution is -2.40. The third kappa shape index (κ3) is 7.78. The van der Waals surface area contributed by atoms with Gasteiger partial charge >= 0.3 is 0 Å². The minimum absolute atomic E-state index is 0. The van der Waals surface area contributed by atoms with E-state index in [0.717, 1.165) is 0 Å². The van der Waals surface area contributed by atoms with Crippen molar-refractivity contribution in [3.63, 3.8) is 0 Å². The predicted octanol–water partition coefficient (Wildman–Crippen LogP) is 0.771. The van der Waals surface area contributed by atoms with Crippen LogP contribution in [0.15, 0.2) is 0 Å². The Kier molecular flexibility index (Phi) is 5.43. The summed E-state index contributed by atoms with van der Waals surface area (Å²) in [5.41, 5.74) is 0. The molecule has 0 aliphatic carbocycles. The molecular weight excluding hydrogens is 139 g/mol. The quantitative estimate of drug-likeness (QED) is 0.477. The van der Waals surface area contributed by atoms with Crippen LogP contribution in [0.2, 0.25) is 0 Å². The number of hydrogen-bond acceptors (Lipinski definition) is 1. The second-order valence-corrected chi connectivity index (χ2v) is 2.37. The van der Waals surface area contributed by atoms with E-state index in [2.05, 4.69) is 1.45 Å². The standard InChI is InChI=1S/C5H13FNO.CH4.FH/c1-7(2,5-6)3-4-8;;/h8H,3-5H2,1-2H3;1H4;1H/q+1;;/i4D2,6-1;;/hD.